The van der Waals surface area contributed by atoms with Crippen molar-refractivity contribution in [2.24, 2.45) is 0 Å². The molecule has 0 spiro atoms. The second-order valence-electron chi connectivity index (χ2n) is 8.47. The zero-order valence-corrected chi connectivity index (χ0v) is 19.5. The van der Waals surface area contributed by atoms with E-state index in [1.807, 2.05) is 30.3 Å². The molecule has 1 aromatic heterocycles. The van der Waals surface area contributed by atoms with Crippen LogP contribution in [0.25, 0.3) is 10.9 Å². The van der Waals surface area contributed by atoms with Crippen molar-refractivity contribution in [2.45, 2.75) is 19.6 Å². The molecule has 2 aromatic carbocycles. The Bertz CT molecular complexity index is 1130. The molecule has 1 N–H and O–H groups in total. The highest BCUT2D eigenvalue weighted by atomic mass is 16.5. The number of methoxy groups -OCH3 is 1. The van der Waals surface area contributed by atoms with Gasteiger partial charge in [0.05, 0.1) is 37.1 Å². The zero-order valence-electron chi connectivity index (χ0n) is 19.5. The van der Waals surface area contributed by atoms with Crippen LogP contribution in [-0.4, -0.2) is 72.8 Å². The molecule has 1 aliphatic heterocycles. The molecule has 1 saturated heterocycles. The van der Waals surface area contributed by atoms with Crippen molar-refractivity contribution in [2.75, 3.05) is 47.0 Å². The Balaban J connectivity index is 1.61. The van der Waals surface area contributed by atoms with Crippen LogP contribution in [0, 0.1) is 6.92 Å². The molecule has 0 radical (unpaired) electrons. The number of ether oxygens (including phenoxy) is 2. The molecule has 0 aliphatic carbocycles. The average molecular weight is 450 g/mol. The van der Waals surface area contributed by atoms with Gasteiger partial charge in [-0.3, -0.25) is 9.69 Å². The Morgan fingerprint density at radius 3 is 2.88 bits per heavy atom. The highest BCUT2D eigenvalue weighted by Gasteiger charge is 2.26. The van der Waals surface area contributed by atoms with E-state index >= 15 is 0 Å². The number of rotatable bonds is 7. The summed E-state index contributed by atoms with van der Waals surface area (Å²) in [4.78, 5) is 21.8. The van der Waals surface area contributed by atoms with Crippen molar-refractivity contribution < 1.29 is 19.4 Å². The maximum Gasteiger partial charge on any atom is 0.254 e. The number of aromatic nitrogens is 1. The van der Waals surface area contributed by atoms with E-state index in [1.165, 1.54) is 10.5 Å². The van der Waals surface area contributed by atoms with E-state index in [9.17, 15) is 9.90 Å². The van der Waals surface area contributed by atoms with Gasteiger partial charge in [-0.1, -0.05) is 30.3 Å². The molecule has 1 aliphatic rings. The van der Waals surface area contributed by atoms with Gasteiger partial charge in [-0.25, -0.2) is 4.98 Å². The van der Waals surface area contributed by atoms with Crippen LogP contribution < -0.4 is 4.74 Å². The number of pyridine rings is 1. The standard InChI is InChI=1S/C26H31N3O4/c1-18-8-9-19(24(14-18)32-3)16-29-11-13-33-25(17-29)23-15-21(26(31)28(2)10-12-30)20-6-4-5-7-22(20)27-23/h4-9,14-15,25,30H,10-13,16-17H2,1-3H3/t25-/m1/s1. The van der Waals surface area contributed by atoms with Crippen LogP contribution in [0.5, 0.6) is 5.75 Å². The van der Waals surface area contributed by atoms with Crippen LogP contribution >= 0.6 is 0 Å². The lowest BCUT2D eigenvalue weighted by Gasteiger charge is -2.33. The topological polar surface area (TPSA) is 75.1 Å². The van der Waals surface area contributed by atoms with E-state index in [-0.39, 0.29) is 25.2 Å². The number of fused-ring (bicyclic) bond motifs is 1. The summed E-state index contributed by atoms with van der Waals surface area (Å²) < 4.78 is 11.7. The number of nitrogens with zero attached hydrogens (tertiary/aromatic N) is 3. The summed E-state index contributed by atoms with van der Waals surface area (Å²) in [7, 11) is 3.40. The van der Waals surface area contributed by atoms with Crippen molar-refractivity contribution in [1.82, 2.24) is 14.8 Å². The Kier molecular flexibility index (Phi) is 7.23. The van der Waals surface area contributed by atoms with Crippen LogP contribution in [0.3, 0.4) is 0 Å². The second kappa shape index (κ2) is 10.3. The van der Waals surface area contributed by atoms with Gasteiger partial charge in [-0.2, -0.15) is 0 Å². The number of aliphatic hydroxyl groups excluding tert-OH is 1. The number of morpholine rings is 1. The van der Waals surface area contributed by atoms with Crippen LogP contribution in [0.2, 0.25) is 0 Å². The van der Waals surface area contributed by atoms with E-state index in [4.69, 9.17) is 14.5 Å². The first-order valence-corrected chi connectivity index (χ1v) is 11.2. The fourth-order valence-electron chi connectivity index (χ4n) is 4.24. The summed E-state index contributed by atoms with van der Waals surface area (Å²) in [5, 5.41) is 10.1. The molecule has 0 saturated carbocycles. The summed E-state index contributed by atoms with van der Waals surface area (Å²) in [6.45, 7) is 5.06. The van der Waals surface area contributed by atoms with E-state index in [1.54, 1.807) is 14.2 Å². The minimum Gasteiger partial charge on any atom is -0.496 e. The van der Waals surface area contributed by atoms with Crippen LogP contribution in [-0.2, 0) is 11.3 Å². The van der Waals surface area contributed by atoms with Gasteiger partial charge in [0.2, 0.25) is 0 Å². The smallest absolute Gasteiger partial charge is 0.254 e. The van der Waals surface area contributed by atoms with Gasteiger partial charge in [0.25, 0.3) is 5.91 Å². The molecule has 7 heteroatoms. The third-order valence-electron chi connectivity index (χ3n) is 6.07. The Labute approximate surface area is 194 Å². The van der Waals surface area contributed by atoms with Gasteiger partial charge in [0, 0.05) is 44.2 Å². The van der Waals surface area contributed by atoms with E-state index < -0.39 is 0 Å². The van der Waals surface area contributed by atoms with Crippen LogP contribution in [0.4, 0.5) is 0 Å². The van der Waals surface area contributed by atoms with Gasteiger partial charge < -0.3 is 19.5 Å². The number of para-hydroxylation sites is 1. The number of aryl methyl sites for hydroxylation is 1. The largest absolute Gasteiger partial charge is 0.496 e. The average Bonchev–Trinajstić information content (AvgIpc) is 2.84. The van der Waals surface area contributed by atoms with Crippen molar-refractivity contribution in [3.63, 3.8) is 0 Å². The lowest BCUT2D eigenvalue weighted by Crippen LogP contribution is -2.38. The molecule has 7 nitrogen and oxygen atoms in total. The first-order valence-electron chi connectivity index (χ1n) is 11.2. The predicted octanol–water partition coefficient (Wildman–Crippen LogP) is 3.19. The molecular formula is C26H31N3O4. The summed E-state index contributed by atoms with van der Waals surface area (Å²) >= 11 is 0. The number of carbonyl (C=O) groups excluding carboxylic acids is 1. The quantitative estimate of drug-likeness (QED) is 0.597. The maximum atomic E-state index is 13.1. The number of likely N-dealkylation sites (N-methyl/N-ethyl adjacent to an activating group) is 1. The van der Waals surface area contributed by atoms with E-state index in [0.717, 1.165) is 41.0 Å². The first kappa shape index (κ1) is 23.2. The van der Waals surface area contributed by atoms with Gasteiger partial charge >= 0.3 is 0 Å². The summed E-state index contributed by atoms with van der Waals surface area (Å²) in [5.41, 5.74) is 4.38. The van der Waals surface area contributed by atoms with E-state index in [2.05, 4.69) is 30.0 Å². The zero-order chi connectivity index (χ0) is 23.4. The Morgan fingerprint density at radius 2 is 2.09 bits per heavy atom. The molecular weight excluding hydrogens is 418 g/mol. The molecule has 0 bridgehead atoms. The lowest BCUT2D eigenvalue weighted by atomic mass is 10.0. The fourth-order valence-corrected chi connectivity index (χ4v) is 4.24. The lowest BCUT2D eigenvalue weighted by molar-refractivity contribution is -0.0350. The highest BCUT2D eigenvalue weighted by Crippen LogP contribution is 2.29. The summed E-state index contributed by atoms with van der Waals surface area (Å²) in [6.07, 6.45) is -0.241. The number of benzene rings is 2. The summed E-state index contributed by atoms with van der Waals surface area (Å²) in [6, 6.07) is 15.8. The van der Waals surface area contributed by atoms with Crippen molar-refractivity contribution in [3.05, 3.63) is 70.9 Å². The molecule has 0 unspecified atom stereocenters. The molecule has 1 fully saturated rings. The molecule has 33 heavy (non-hydrogen) atoms. The Hall–Kier alpha value is -3.00. The second-order valence-corrected chi connectivity index (χ2v) is 8.47. The first-order chi connectivity index (χ1) is 16.0. The highest BCUT2D eigenvalue weighted by molar-refractivity contribution is 6.06. The van der Waals surface area contributed by atoms with Crippen molar-refractivity contribution in [1.29, 1.82) is 0 Å². The number of aliphatic hydroxyl groups is 1. The third kappa shape index (κ3) is 5.16. The van der Waals surface area contributed by atoms with Crippen molar-refractivity contribution >= 4 is 16.8 Å². The normalized spacial score (nSPS) is 16.7. The molecule has 4 rings (SSSR count). The number of hydrogen-bond acceptors (Lipinski definition) is 6. The van der Waals surface area contributed by atoms with Crippen molar-refractivity contribution in [3.8, 4) is 5.75 Å². The molecule has 1 amide bonds. The SMILES string of the molecule is COc1cc(C)ccc1CN1CCO[C@@H](c2cc(C(=O)N(C)CCO)c3ccccc3n2)C1. The monoisotopic (exact) mass is 449 g/mol. The van der Waals surface area contributed by atoms with Gasteiger partial charge in [-0.15, -0.1) is 0 Å². The van der Waals surface area contributed by atoms with Crippen LogP contribution in [0.15, 0.2) is 48.5 Å². The molecule has 174 valence electrons. The number of hydrogen-bond donors (Lipinski definition) is 1. The molecule has 2 heterocycles. The summed E-state index contributed by atoms with van der Waals surface area (Å²) in [5.74, 6) is 0.752. The van der Waals surface area contributed by atoms with E-state index in [0.29, 0.717) is 18.7 Å². The predicted molar refractivity (Wildman–Crippen MR) is 127 cm³/mol. The fraction of sp³-hybridized carbons (Fsp3) is 0.385. The molecule has 3 aromatic rings. The van der Waals surface area contributed by atoms with Gasteiger partial charge in [0.15, 0.2) is 0 Å². The number of carbonyl (C=O) groups is 1. The third-order valence-corrected chi connectivity index (χ3v) is 6.07. The molecule has 1 atom stereocenters. The van der Waals surface area contributed by atoms with Crippen LogP contribution in [0.1, 0.15) is 33.3 Å². The minimum absolute atomic E-state index is 0.0821. The minimum atomic E-state index is -0.241. The number of amides is 1. The maximum absolute atomic E-state index is 13.1. The Morgan fingerprint density at radius 1 is 1.27 bits per heavy atom. The van der Waals surface area contributed by atoms with Gasteiger partial charge in [-0.05, 0) is 30.7 Å². The van der Waals surface area contributed by atoms with Gasteiger partial charge in [0.1, 0.15) is 11.9 Å².